The Balaban J connectivity index is 1.90. The Morgan fingerprint density at radius 3 is 2.46 bits per heavy atom. The van der Waals surface area contributed by atoms with Gasteiger partial charge >= 0.3 is 0 Å². The lowest BCUT2D eigenvalue weighted by molar-refractivity contribution is -0.154. The lowest BCUT2D eigenvalue weighted by Crippen LogP contribution is -2.36. The molecule has 13 heavy (non-hydrogen) atoms. The fraction of sp³-hybridized carbons (Fsp3) is 0.455. The molecule has 2 heteroatoms. The van der Waals surface area contributed by atoms with Gasteiger partial charge in [0.05, 0.1) is 0 Å². The van der Waals surface area contributed by atoms with E-state index in [-0.39, 0.29) is 0 Å². The second-order valence-electron chi connectivity index (χ2n) is 3.67. The average Bonchev–Trinajstić information content (AvgIpc) is 2.02. The smallest absolute Gasteiger partial charge is 0.0491 e. The Morgan fingerprint density at radius 1 is 1.23 bits per heavy atom. The van der Waals surface area contributed by atoms with E-state index in [1.807, 2.05) is 30.3 Å². The molecule has 1 aromatic carbocycles. The molecule has 0 amide bonds. The third-order valence-electron chi connectivity index (χ3n) is 2.68. The van der Waals surface area contributed by atoms with Crippen LogP contribution in [0.15, 0.2) is 30.3 Å². The second kappa shape index (κ2) is 3.90. The van der Waals surface area contributed by atoms with Crippen LogP contribution < -0.4 is 0 Å². The Labute approximate surface area is 78.8 Å². The van der Waals surface area contributed by atoms with E-state index in [1.165, 1.54) is 17.0 Å². The van der Waals surface area contributed by atoms with Crippen molar-refractivity contribution in [3.05, 3.63) is 35.9 Å². The Bertz CT molecular complexity index is 256. The average molecular weight is 177 g/mol. The van der Waals surface area contributed by atoms with Crippen LogP contribution in [0.2, 0.25) is 0 Å². The lowest BCUT2D eigenvalue weighted by Gasteiger charge is -2.32. The summed E-state index contributed by atoms with van der Waals surface area (Å²) in [7, 11) is 0. The van der Waals surface area contributed by atoms with E-state index in [0.717, 1.165) is 12.8 Å². The van der Waals surface area contributed by atoms with Gasteiger partial charge in [-0.1, -0.05) is 36.8 Å². The monoisotopic (exact) mass is 177 g/mol. The molecule has 0 aromatic heterocycles. The molecule has 2 rings (SSSR count). The molecule has 1 aliphatic rings. The summed E-state index contributed by atoms with van der Waals surface area (Å²) >= 11 is 0. The van der Waals surface area contributed by atoms with Crippen LogP contribution in [-0.2, 0) is 6.54 Å². The van der Waals surface area contributed by atoms with E-state index in [9.17, 15) is 5.21 Å². The molecule has 0 aliphatic heterocycles. The quantitative estimate of drug-likeness (QED) is 0.717. The molecule has 70 valence electrons. The van der Waals surface area contributed by atoms with Crippen LogP contribution >= 0.6 is 0 Å². The Kier molecular flexibility index (Phi) is 2.62. The maximum Gasteiger partial charge on any atom is 0.0491 e. The Hall–Kier alpha value is -0.860. The number of hydrogen-bond donors (Lipinski definition) is 1. The van der Waals surface area contributed by atoms with Crippen molar-refractivity contribution in [2.45, 2.75) is 31.8 Å². The van der Waals surface area contributed by atoms with Gasteiger partial charge in [0, 0.05) is 12.6 Å². The predicted octanol–water partition coefficient (Wildman–Crippen LogP) is 2.43. The van der Waals surface area contributed by atoms with Gasteiger partial charge in [0.25, 0.3) is 0 Å². The molecule has 0 bridgehead atoms. The van der Waals surface area contributed by atoms with E-state index in [1.54, 1.807) is 0 Å². The van der Waals surface area contributed by atoms with Gasteiger partial charge in [-0.15, -0.1) is 0 Å². The maximum atomic E-state index is 9.66. The normalized spacial score (nSPS) is 17.4. The summed E-state index contributed by atoms with van der Waals surface area (Å²) in [4.78, 5) is 0. The van der Waals surface area contributed by atoms with Crippen molar-refractivity contribution in [2.75, 3.05) is 0 Å². The molecule has 2 nitrogen and oxygen atoms in total. The molecular weight excluding hydrogens is 162 g/mol. The van der Waals surface area contributed by atoms with Crippen molar-refractivity contribution in [1.82, 2.24) is 5.06 Å². The van der Waals surface area contributed by atoms with Crippen molar-refractivity contribution in [1.29, 1.82) is 0 Å². The molecule has 0 spiro atoms. The van der Waals surface area contributed by atoms with Gasteiger partial charge < -0.3 is 5.21 Å². The van der Waals surface area contributed by atoms with Gasteiger partial charge in [-0.2, -0.15) is 5.06 Å². The van der Waals surface area contributed by atoms with E-state index in [0.29, 0.717) is 12.6 Å². The summed E-state index contributed by atoms with van der Waals surface area (Å²) in [5.74, 6) is 0. The van der Waals surface area contributed by atoms with Crippen molar-refractivity contribution in [3.63, 3.8) is 0 Å². The van der Waals surface area contributed by atoms with Gasteiger partial charge in [-0.25, -0.2) is 0 Å². The fourth-order valence-corrected chi connectivity index (χ4v) is 1.58. The minimum Gasteiger partial charge on any atom is -0.313 e. The third-order valence-corrected chi connectivity index (χ3v) is 2.68. The highest BCUT2D eigenvalue weighted by Gasteiger charge is 2.23. The van der Waals surface area contributed by atoms with E-state index in [4.69, 9.17) is 0 Å². The summed E-state index contributed by atoms with van der Waals surface area (Å²) in [6, 6.07) is 10.5. The molecule has 1 aromatic rings. The largest absolute Gasteiger partial charge is 0.313 e. The zero-order chi connectivity index (χ0) is 9.10. The summed E-state index contributed by atoms with van der Waals surface area (Å²) in [5.41, 5.74) is 1.18. The topological polar surface area (TPSA) is 23.5 Å². The third kappa shape index (κ3) is 2.08. The summed E-state index contributed by atoms with van der Waals surface area (Å²) in [6.07, 6.45) is 3.54. The first-order valence-electron chi connectivity index (χ1n) is 4.86. The van der Waals surface area contributed by atoms with E-state index >= 15 is 0 Å². The van der Waals surface area contributed by atoms with Crippen LogP contribution in [-0.4, -0.2) is 16.3 Å². The van der Waals surface area contributed by atoms with Crippen molar-refractivity contribution in [2.24, 2.45) is 0 Å². The maximum absolute atomic E-state index is 9.66. The van der Waals surface area contributed by atoms with Crippen LogP contribution in [0.5, 0.6) is 0 Å². The van der Waals surface area contributed by atoms with Crippen molar-refractivity contribution >= 4 is 0 Å². The van der Waals surface area contributed by atoms with Crippen LogP contribution in [0.3, 0.4) is 0 Å². The molecule has 1 aliphatic carbocycles. The molecule has 0 saturated heterocycles. The van der Waals surface area contributed by atoms with Crippen molar-refractivity contribution < 1.29 is 5.21 Å². The zero-order valence-corrected chi connectivity index (χ0v) is 7.69. The zero-order valence-electron chi connectivity index (χ0n) is 7.69. The van der Waals surface area contributed by atoms with Crippen LogP contribution in [0, 0.1) is 0 Å². The number of hydrogen-bond acceptors (Lipinski definition) is 2. The number of benzene rings is 1. The van der Waals surface area contributed by atoms with Gasteiger partial charge in [-0.3, -0.25) is 0 Å². The molecule has 0 atom stereocenters. The van der Waals surface area contributed by atoms with Crippen LogP contribution in [0.4, 0.5) is 0 Å². The predicted molar refractivity (Wildman–Crippen MR) is 51.4 cm³/mol. The van der Waals surface area contributed by atoms with E-state index in [2.05, 4.69) is 0 Å². The molecule has 0 heterocycles. The molecule has 1 saturated carbocycles. The molecule has 0 unspecified atom stereocenters. The number of rotatable bonds is 3. The van der Waals surface area contributed by atoms with E-state index < -0.39 is 0 Å². The highest BCUT2D eigenvalue weighted by atomic mass is 16.5. The first-order valence-corrected chi connectivity index (χ1v) is 4.86. The van der Waals surface area contributed by atoms with Gasteiger partial charge in [0.15, 0.2) is 0 Å². The first kappa shape index (κ1) is 8.73. The molecule has 1 N–H and O–H groups in total. The highest BCUT2D eigenvalue weighted by molar-refractivity contribution is 5.14. The highest BCUT2D eigenvalue weighted by Crippen LogP contribution is 2.24. The lowest BCUT2D eigenvalue weighted by atomic mass is 9.92. The van der Waals surface area contributed by atoms with Crippen molar-refractivity contribution in [3.8, 4) is 0 Å². The summed E-state index contributed by atoms with van der Waals surface area (Å²) < 4.78 is 0. The van der Waals surface area contributed by atoms with Gasteiger partial charge in [0.2, 0.25) is 0 Å². The molecular formula is C11H15NO. The SMILES string of the molecule is ON(Cc1ccccc1)C1CCC1. The summed E-state index contributed by atoms with van der Waals surface area (Å²) in [5, 5.41) is 11.1. The van der Waals surface area contributed by atoms with Gasteiger partial charge in [-0.05, 0) is 18.4 Å². The molecule has 0 radical (unpaired) electrons. The second-order valence-corrected chi connectivity index (χ2v) is 3.67. The first-order chi connectivity index (χ1) is 6.36. The van der Waals surface area contributed by atoms with Gasteiger partial charge in [0.1, 0.15) is 0 Å². The number of nitrogens with zero attached hydrogens (tertiary/aromatic N) is 1. The van der Waals surface area contributed by atoms with Crippen LogP contribution in [0.25, 0.3) is 0 Å². The molecule has 1 fully saturated rings. The minimum atomic E-state index is 0.403. The summed E-state index contributed by atoms with van der Waals surface area (Å²) in [6.45, 7) is 0.658. The standard InChI is InChI=1S/C11H15NO/c13-12(11-7-4-8-11)9-10-5-2-1-3-6-10/h1-3,5-6,11,13H,4,7-9H2. The Morgan fingerprint density at radius 2 is 1.92 bits per heavy atom. The minimum absolute atomic E-state index is 0.403. The van der Waals surface area contributed by atoms with Crippen LogP contribution in [0.1, 0.15) is 24.8 Å². The number of hydroxylamine groups is 2. The fourth-order valence-electron chi connectivity index (χ4n) is 1.58.